The third-order valence-corrected chi connectivity index (χ3v) is 1.99. The Morgan fingerprint density at radius 2 is 1.94 bits per heavy atom. The van der Waals surface area contributed by atoms with Crippen LogP contribution in [0.4, 0.5) is 11.5 Å². The lowest BCUT2D eigenvalue weighted by atomic mass is 10.1. The van der Waals surface area contributed by atoms with Crippen molar-refractivity contribution in [1.29, 1.82) is 0 Å². The van der Waals surface area contributed by atoms with Gasteiger partial charge in [-0.05, 0) is 12.1 Å². The first kappa shape index (κ1) is 9.97. The van der Waals surface area contributed by atoms with E-state index < -0.39 is 4.92 Å². The number of hydrogen-bond donors (Lipinski definition) is 1. The molecule has 0 saturated carbocycles. The molecule has 7 heteroatoms. The van der Waals surface area contributed by atoms with E-state index >= 15 is 0 Å². The van der Waals surface area contributed by atoms with Gasteiger partial charge in [0.2, 0.25) is 5.82 Å². The molecule has 0 aliphatic heterocycles. The number of nitrogen functional groups attached to an aromatic ring is 1. The minimum Gasteiger partial charge on any atom is -0.378 e. The molecular formula is C9H7N5O2. The summed E-state index contributed by atoms with van der Waals surface area (Å²) in [6.07, 6.45) is 4.24. The van der Waals surface area contributed by atoms with Crippen molar-refractivity contribution < 1.29 is 4.92 Å². The second-order valence-electron chi connectivity index (χ2n) is 2.95. The summed E-state index contributed by atoms with van der Waals surface area (Å²) in [4.78, 5) is 21.5. The molecule has 0 saturated heterocycles. The first-order valence-electron chi connectivity index (χ1n) is 4.35. The van der Waals surface area contributed by atoms with Crippen LogP contribution in [0.25, 0.3) is 11.3 Å². The van der Waals surface area contributed by atoms with Crippen LogP contribution in [0, 0.1) is 10.1 Å². The van der Waals surface area contributed by atoms with Crippen LogP contribution in [0.15, 0.2) is 30.9 Å². The Labute approximate surface area is 90.1 Å². The SMILES string of the molecule is Nc1ncnc(-c2ccncc2)c1[N+](=O)[O-]. The van der Waals surface area contributed by atoms with Crippen molar-refractivity contribution in [2.24, 2.45) is 0 Å². The zero-order valence-corrected chi connectivity index (χ0v) is 8.07. The van der Waals surface area contributed by atoms with Gasteiger partial charge in [0.15, 0.2) is 5.69 Å². The number of pyridine rings is 1. The van der Waals surface area contributed by atoms with Crippen LogP contribution in [-0.4, -0.2) is 19.9 Å². The third kappa shape index (κ3) is 1.65. The summed E-state index contributed by atoms with van der Waals surface area (Å²) in [7, 11) is 0. The van der Waals surface area contributed by atoms with E-state index in [0.717, 1.165) is 0 Å². The van der Waals surface area contributed by atoms with E-state index in [0.29, 0.717) is 5.56 Å². The van der Waals surface area contributed by atoms with E-state index in [9.17, 15) is 10.1 Å². The monoisotopic (exact) mass is 217 g/mol. The molecule has 0 unspecified atom stereocenters. The van der Waals surface area contributed by atoms with E-state index in [-0.39, 0.29) is 17.2 Å². The molecule has 7 nitrogen and oxygen atoms in total. The lowest BCUT2D eigenvalue weighted by Gasteiger charge is -2.02. The summed E-state index contributed by atoms with van der Waals surface area (Å²) < 4.78 is 0. The molecule has 2 N–H and O–H groups in total. The summed E-state index contributed by atoms with van der Waals surface area (Å²) in [6.45, 7) is 0. The Morgan fingerprint density at radius 1 is 1.25 bits per heavy atom. The molecule has 0 aliphatic rings. The van der Waals surface area contributed by atoms with Gasteiger partial charge in [0, 0.05) is 18.0 Å². The Morgan fingerprint density at radius 3 is 2.56 bits per heavy atom. The van der Waals surface area contributed by atoms with Gasteiger partial charge in [-0.25, -0.2) is 9.97 Å². The van der Waals surface area contributed by atoms with Gasteiger partial charge < -0.3 is 5.73 Å². The van der Waals surface area contributed by atoms with Crippen molar-refractivity contribution in [2.75, 3.05) is 5.73 Å². The summed E-state index contributed by atoms with van der Waals surface area (Å²) in [6, 6.07) is 3.24. The van der Waals surface area contributed by atoms with Crippen LogP contribution in [0.3, 0.4) is 0 Å². The topological polar surface area (TPSA) is 108 Å². The van der Waals surface area contributed by atoms with Gasteiger partial charge in [0.25, 0.3) is 0 Å². The molecule has 16 heavy (non-hydrogen) atoms. The van der Waals surface area contributed by atoms with Crippen molar-refractivity contribution in [2.45, 2.75) is 0 Å². The van der Waals surface area contributed by atoms with Gasteiger partial charge in [-0.15, -0.1) is 0 Å². The maximum absolute atomic E-state index is 10.8. The average molecular weight is 217 g/mol. The number of hydrogen-bond acceptors (Lipinski definition) is 6. The van der Waals surface area contributed by atoms with Gasteiger partial charge in [-0.2, -0.15) is 0 Å². The maximum Gasteiger partial charge on any atom is 0.337 e. The molecule has 0 fully saturated rings. The number of nitrogens with two attached hydrogens (primary N) is 1. The van der Waals surface area contributed by atoms with Gasteiger partial charge in [-0.3, -0.25) is 15.1 Å². The minimum atomic E-state index is -0.592. The van der Waals surface area contributed by atoms with Crippen molar-refractivity contribution in [3.63, 3.8) is 0 Å². The summed E-state index contributed by atoms with van der Waals surface area (Å²) in [5.74, 6) is -0.146. The van der Waals surface area contributed by atoms with Crippen LogP contribution in [0.5, 0.6) is 0 Å². The molecule has 2 aromatic heterocycles. The van der Waals surface area contributed by atoms with E-state index in [4.69, 9.17) is 5.73 Å². The average Bonchev–Trinajstić information content (AvgIpc) is 2.29. The zero-order chi connectivity index (χ0) is 11.5. The fourth-order valence-electron chi connectivity index (χ4n) is 1.29. The lowest BCUT2D eigenvalue weighted by Crippen LogP contribution is -2.02. The molecule has 0 radical (unpaired) electrons. The lowest BCUT2D eigenvalue weighted by molar-refractivity contribution is -0.383. The van der Waals surface area contributed by atoms with E-state index in [2.05, 4.69) is 15.0 Å². The quantitative estimate of drug-likeness (QED) is 0.594. The zero-order valence-electron chi connectivity index (χ0n) is 8.07. The third-order valence-electron chi connectivity index (χ3n) is 1.99. The molecule has 80 valence electrons. The van der Waals surface area contributed by atoms with E-state index in [1.54, 1.807) is 12.1 Å². The predicted octanol–water partition coefficient (Wildman–Crippen LogP) is 1.03. The highest BCUT2D eigenvalue weighted by atomic mass is 16.6. The molecule has 0 atom stereocenters. The number of anilines is 1. The fraction of sp³-hybridized carbons (Fsp3) is 0. The largest absolute Gasteiger partial charge is 0.378 e. The minimum absolute atomic E-state index is 0.146. The smallest absolute Gasteiger partial charge is 0.337 e. The Bertz CT molecular complexity index is 529. The highest BCUT2D eigenvalue weighted by molar-refractivity contribution is 5.75. The number of nitrogens with zero attached hydrogens (tertiary/aromatic N) is 4. The standard InChI is InChI=1S/C9H7N5O2/c10-9-8(14(15)16)7(12-5-13-9)6-1-3-11-4-2-6/h1-5H,(H2,10,12,13). The Hall–Kier alpha value is -2.57. The molecule has 0 spiro atoms. The number of nitro groups is 1. The fourth-order valence-corrected chi connectivity index (χ4v) is 1.29. The Kier molecular flexibility index (Phi) is 2.42. The number of aromatic nitrogens is 3. The van der Waals surface area contributed by atoms with Crippen LogP contribution in [0.1, 0.15) is 0 Å². The van der Waals surface area contributed by atoms with Gasteiger partial charge in [0.1, 0.15) is 6.33 Å². The molecule has 0 aliphatic carbocycles. The number of rotatable bonds is 2. The molecule has 2 heterocycles. The van der Waals surface area contributed by atoms with E-state index in [1.807, 2.05) is 0 Å². The molecule has 2 rings (SSSR count). The maximum atomic E-state index is 10.8. The highest BCUT2D eigenvalue weighted by Gasteiger charge is 2.21. The normalized spacial score (nSPS) is 10.0. The molecule has 0 bridgehead atoms. The second-order valence-corrected chi connectivity index (χ2v) is 2.95. The molecule has 2 aromatic rings. The van der Waals surface area contributed by atoms with Gasteiger partial charge in [0.05, 0.1) is 4.92 Å². The van der Waals surface area contributed by atoms with Crippen molar-refractivity contribution in [3.8, 4) is 11.3 Å². The summed E-state index contributed by atoms with van der Waals surface area (Å²) >= 11 is 0. The van der Waals surface area contributed by atoms with Crippen LogP contribution in [0.2, 0.25) is 0 Å². The van der Waals surface area contributed by atoms with Crippen LogP contribution < -0.4 is 5.73 Å². The van der Waals surface area contributed by atoms with Crippen molar-refractivity contribution in [3.05, 3.63) is 41.0 Å². The van der Waals surface area contributed by atoms with E-state index in [1.165, 1.54) is 18.7 Å². The van der Waals surface area contributed by atoms with Gasteiger partial charge in [-0.1, -0.05) is 0 Å². The van der Waals surface area contributed by atoms with Gasteiger partial charge >= 0.3 is 5.69 Å². The highest BCUT2D eigenvalue weighted by Crippen LogP contribution is 2.30. The molecule has 0 aromatic carbocycles. The molecular weight excluding hydrogens is 210 g/mol. The first-order valence-corrected chi connectivity index (χ1v) is 4.35. The Balaban J connectivity index is 2.66. The summed E-state index contributed by atoms with van der Waals surface area (Å²) in [5, 5.41) is 10.8. The van der Waals surface area contributed by atoms with Crippen molar-refractivity contribution >= 4 is 11.5 Å². The van der Waals surface area contributed by atoms with Crippen LogP contribution in [-0.2, 0) is 0 Å². The first-order chi connectivity index (χ1) is 7.70. The second kappa shape index (κ2) is 3.89. The summed E-state index contributed by atoms with van der Waals surface area (Å²) in [5.41, 5.74) is 5.94. The predicted molar refractivity (Wildman–Crippen MR) is 56.3 cm³/mol. The van der Waals surface area contributed by atoms with Crippen molar-refractivity contribution in [1.82, 2.24) is 15.0 Å². The molecule has 0 amide bonds. The van der Waals surface area contributed by atoms with Crippen LogP contribution >= 0.6 is 0 Å².